The summed E-state index contributed by atoms with van der Waals surface area (Å²) in [5, 5.41) is 16.4. The number of anilines is 1. The number of aliphatic hydroxyl groups is 1. The largest absolute Gasteiger partial charge is 0.391 e. The molecule has 0 spiro atoms. The maximum Gasteiger partial charge on any atom is 0.163 e. The Morgan fingerprint density at radius 1 is 1.07 bits per heavy atom. The van der Waals surface area contributed by atoms with Crippen molar-refractivity contribution in [2.75, 3.05) is 18.0 Å². The molecule has 4 heterocycles. The molecule has 1 saturated carbocycles. The number of rotatable bonds is 2. The number of fused-ring (bicyclic) bond motifs is 3. The minimum absolute atomic E-state index is 0.0594. The first-order valence-corrected chi connectivity index (χ1v) is 10.6. The molecule has 1 aliphatic heterocycles. The number of aliphatic hydroxyl groups excluding tert-OH is 1. The number of hydrogen-bond acceptors (Lipinski definition) is 6. The van der Waals surface area contributed by atoms with E-state index < -0.39 is 0 Å². The van der Waals surface area contributed by atoms with Gasteiger partial charge in [-0.3, -0.25) is 4.68 Å². The Morgan fingerprint density at radius 2 is 1.87 bits per heavy atom. The Morgan fingerprint density at radius 3 is 2.73 bits per heavy atom. The number of hydrogen-bond donors (Lipinski definition) is 1. The Labute approximate surface area is 174 Å². The zero-order valence-electron chi connectivity index (χ0n) is 17.2. The minimum atomic E-state index is -0.366. The lowest BCUT2D eigenvalue weighted by molar-refractivity contribution is 0.0375. The van der Waals surface area contributed by atoms with Crippen LogP contribution in [0.1, 0.15) is 24.7 Å². The molecule has 1 N–H and O–H groups in total. The van der Waals surface area contributed by atoms with Gasteiger partial charge in [-0.05, 0) is 43.7 Å². The van der Waals surface area contributed by atoms with E-state index in [0.717, 1.165) is 59.6 Å². The van der Waals surface area contributed by atoms with Gasteiger partial charge in [-0.15, -0.1) is 0 Å². The third kappa shape index (κ3) is 2.63. The number of benzene rings is 1. The highest BCUT2D eigenvalue weighted by atomic mass is 16.3. The van der Waals surface area contributed by atoms with Crippen LogP contribution in [-0.2, 0) is 7.05 Å². The average Bonchev–Trinajstić information content (AvgIpc) is 3.44. The Balaban J connectivity index is 1.31. The van der Waals surface area contributed by atoms with Crippen molar-refractivity contribution >= 4 is 27.9 Å². The van der Waals surface area contributed by atoms with Gasteiger partial charge in [0.25, 0.3) is 0 Å². The summed E-state index contributed by atoms with van der Waals surface area (Å²) >= 11 is 0. The van der Waals surface area contributed by atoms with Gasteiger partial charge in [0.05, 0.1) is 41.1 Å². The normalized spacial score (nSPS) is 26.6. The molecule has 0 amide bonds. The lowest BCUT2D eigenvalue weighted by atomic mass is 9.77. The van der Waals surface area contributed by atoms with Gasteiger partial charge in [-0.25, -0.2) is 15.0 Å². The Bertz CT molecular complexity index is 1240. The lowest BCUT2D eigenvalue weighted by Crippen LogP contribution is -2.36. The van der Waals surface area contributed by atoms with Gasteiger partial charge in [0.1, 0.15) is 11.6 Å². The molecule has 8 nitrogen and oxygen atoms in total. The van der Waals surface area contributed by atoms with E-state index in [1.165, 1.54) is 0 Å². The van der Waals surface area contributed by atoms with Crippen LogP contribution in [0.3, 0.4) is 0 Å². The van der Waals surface area contributed by atoms with E-state index in [1.807, 2.05) is 44.7 Å². The first-order chi connectivity index (χ1) is 14.6. The highest BCUT2D eigenvalue weighted by molar-refractivity contribution is 5.87. The number of aromatic nitrogens is 6. The molecule has 8 heteroatoms. The zero-order valence-corrected chi connectivity index (χ0v) is 17.2. The van der Waals surface area contributed by atoms with Crippen molar-refractivity contribution < 1.29 is 5.11 Å². The Hall–Kier alpha value is -3.00. The van der Waals surface area contributed by atoms with Gasteiger partial charge in [-0.1, -0.05) is 12.1 Å². The van der Waals surface area contributed by atoms with E-state index in [0.29, 0.717) is 11.8 Å². The van der Waals surface area contributed by atoms with Crippen LogP contribution >= 0.6 is 0 Å². The summed E-state index contributed by atoms with van der Waals surface area (Å²) in [5.74, 6) is 2.72. The highest BCUT2D eigenvalue weighted by Gasteiger charge is 2.43. The molecule has 1 aliphatic carbocycles. The van der Waals surface area contributed by atoms with Crippen molar-refractivity contribution in [1.29, 1.82) is 0 Å². The van der Waals surface area contributed by atoms with Crippen LogP contribution in [0.2, 0.25) is 0 Å². The standard InChI is InChI=1S/C22H25N7O/c1-13-25-21-16(9-24-27(21)2)22(26-13)28-10-14-7-19(20(30)8-15(14)11-28)29-12-23-17-5-3-4-6-18(17)29/h3-6,9,12,14-15,19-20,30H,7-8,10-11H2,1-2H3/t14-,15+,19-,20-/m1/s1. The smallest absolute Gasteiger partial charge is 0.163 e. The molecule has 0 unspecified atom stereocenters. The molecule has 2 fully saturated rings. The number of imidazole rings is 1. The molecule has 0 bridgehead atoms. The van der Waals surface area contributed by atoms with Crippen molar-refractivity contribution in [3.8, 4) is 0 Å². The van der Waals surface area contributed by atoms with Gasteiger partial charge in [0, 0.05) is 20.1 Å². The Kier molecular flexibility index (Phi) is 3.86. The average molecular weight is 403 g/mol. The van der Waals surface area contributed by atoms with Crippen molar-refractivity contribution in [3.05, 3.63) is 42.6 Å². The van der Waals surface area contributed by atoms with Gasteiger partial charge >= 0.3 is 0 Å². The number of aryl methyl sites for hydroxylation is 2. The van der Waals surface area contributed by atoms with Crippen LogP contribution < -0.4 is 4.90 Å². The summed E-state index contributed by atoms with van der Waals surface area (Å²) in [6.07, 6.45) is 5.14. The molecule has 4 aromatic rings. The van der Waals surface area contributed by atoms with Gasteiger partial charge < -0.3 is 14.6 Å². The monoisotopic (exact) mass is 403 g/mol. The summed E-state index contributed by atoms with van der Waals surface area (Å²) in [7, 11) is 1.92. The van der Waals surface area contributed by atoms with Crippen LogP contribution in [0.4, 0.5) is 5.82 Å². The second-order valence-electron chi connectivity index (χ2n) is 8.77. The zero-order chi connectivity index (χ0) is 20.4. The molecule has 30 heavy (non-hydrogen) atoms. The summed E-state index contributed by atoms with van der Waals surface area (Å²) in [6, 6.07) is 8.21. The quantitative estimate of drug-likeness (QED) is 0.553. The van der Waals surface area contributed by atoms with E-state index in [1.54, 1.807) is 4.68 Å². The SMILES string of the molecule is Cc1nc(N2C[C@H]3C[C@@H](n4cnc5ccccc54)[C@H](O)C[C@H]3C2)c2cnn(C)c2n1. The summed E-state index contributed by atoms with van der Waals surface area (Å²) in [6.45, 7) is 3.80. The predicted molar refractivity (Wildman–Crippen MR) is 114 cm³/mol. The fourth-order valence-corrected chi connectivity index (χ4v) is 5.48. The fraction of sp³-hybridized carbons (Fsp3) is 0.455. The summed E-state index contributed by atoms with van der Waals surface area (Å²) in [4.78, 5) is 16.2. The van der Waals surface area contributed by atoms with Crippen molar-refractivity contribution in [3.63, 3.8) is 0 Å². The molecule has 3 aromatic heterocycles. The predicted octanol–water partition coefficient (Wildman–Crippen LogP) is 2.47. The lowest BCUT2D eigenvalue weighted by Gasteiger charge is -2.36. The molecule has 1 aromatic carbocycles. The molecule has 154 valence electrons. The van der Waals surface area contributed by atoms with E-state index in [2.05, 4.69) is 30.6 Å². The molecule has 1 saturated heterocycles. The van der Waals surface area contributed by atoms with Gasteiger partial charge in [0.2, 0.25) is 0 Å². The van der Waals surface area contributed by atoms with Crippen LogP contribution in [0.25, 0.3) is 22.1 Å². The van der Waals surface area contributed by atoms with Crippen LogP contribution in [0.15, 0.2) is 36.8 Å². The molecule has 0 radical (unpaired) electrons. The summed E-state index contributed by atoms with van der Waals surface area (Å²) < 4.78 is 3.98. The second kappa shape index (κ2) is 6.50. The third-order valence-corrected chi connectivity index (χ3v) is 6.93. The van der Waals surface area contributed by atoms with E-state index in [-0.39, 0.29) is 12.1 Å². The molecular formula is C22H25N7O. The van der Waals surface area contributed by atoms with E-state index in [9.17, 15) is 5.11 Å². The van der Waals surface area contributed by atoms with Crippen molar-refractivity contribution in [2.45, 2.75) is 31.9 Å². The molecular weight excluding hydrogens is 378 g/mol. The van der Waals surface area contributed by atoms with Gasteiger partial charge in [-0.2, -0.15) is 5.10 Å². The first kappa shape index (κ1) is 17.8. The first-order valence-electron chi connectivity index (χ1n) is 10.6. The fourth-order valence-electron chi connectivity index (χ4n) is 5.48. The van der Waals surface area contributed by atoms with Crippen LogP contribution in [0, 0.1) is 18.8 Å². The van der Waals surface area contributed by atoms with Crippen LogP contribution in [0.5, 0.6) is 0 Å². The van der Waals surface area contributed by atoms with E-state index >= 15 is 0 Å². The third-order valence-electron chi connectivity index (χ3n) is 6.93. The maximum absolute atomic E-state index is 11.0. The second-order valence-corrected chi connectivity index (χ2v) is 8.77. The number of para-hydroxylation sites is 2. The summed E-state index contributed by atoms with van der Waals surface area (Å²) in [5.41, 5.74) is 2.95. The molecule has 6 rings (SSSR count). The van der Waals surface area contributed by atoms with Gasteiger partial charge in [0.15, 0.2) is 5.65 Å². The molecule has 2 aliphatic rings. The highest BCUT2D eigenvalue weighted by Crippen LogP contribution is 2.43. The minimum Gasteiger partial charge on any atom is -0.391 e. The topological polar surface area (TPSA) is 84.9 Å². The van der Waals surface area contributed by atoms with E-state index in [4.69, 9.17) is 4.98 Å². The maximum atomic E-state index is 11.0. The molecule has 4 atom stereocenters. The van der Waals surface area contributed by atoms with Crippen molar-refractivity contribution in [2.24, 2.45) is 18.9 Å². The number of nitrogens with zero attached hydrogens (tertiary/aromatic N) is 7. The van der Waals surface area contributed by atoms with Crippen LogP contribution in [-0.4, -0.2) is 53.6 Å². The van der Waals surface area contributed by atoms with Crippen molar-refractivity contribution in [1.82, 2.24) is 29.3 Å².